The molecule has 0 saturated carbocycles. The second-order valence-corrected chi connectivity index (χ2v) is 4.23. The van der Waals surface area contributed by atoms with Crippen molar-refractivity contribution >= 4 is 35.1 Å². The van der Waals surface area contributed by atoms with Crippen molar-refractivity contribution in [3.8, 4) is 0 Å². The molecule has 1 unspecified atom stereocenters. The molecular weight excluding hydrogens is 231 g/mol. The molecule has 1 heterocycles. The zero-order valence-corrected chi connectivity index (χ0v) is 9.76. The van der Waals surface area contributed by atoms with E-state index in [9.17, 15) is 0 Å². The Morgan fingerprint density at radius 3 is 2.80 bits per heavy atom. The second kappa shape index (κ2) is 4.33. The lowest BCUT2D eigenvalue weighted by Gasteiger charge is -2.09. The number of hydrogen-bond donors (Lipinski definition) is 0. The van der Waals surface area contributed by atoms with Crippen molar-refractivity contribution in [2.45, 2.75) is 13.3 Å². The molecule has 1 aromatic carbocycles. The zero-order valence-electron chi connectivity index (χ0n) is 8.24. The Hall–Kier alpha value is -0.860. The quantitative estimate of drug-likeness (QED) is 0.752. The highest BCUT2D eigenvalue weighted by atomic mass is 35.5. The first-order valence-corrected chi connectivity index (χ1v) is 5.54. The summed E-state index contributed by atoms with van der Waals surface area (Å²) in [6, 6.07) is 5.43. The molecule has 0 fully saturated rings. The van der Waals surface area contributed by atoms with Crippen molar-refractivity contribution in [1.82, 2.24) is 0 Å². The van der Waals surface area contributed by atoms with Crippen LogP contribution >= 0.6 is 23.2 Å². The summed E-state index contributed by atoms with van der Waals surface area (Å²) in [6.07, 6.45) is 2.82. The van der Waals surface area contributed by atoms with Crippen LogP contribution in [0.2, 0.25) is 10.0 Å². The van der Waals surface area contributed by atoms with Crippen LogP contribution < -0.4 is 0 Å². The molecule has 0 amide bonds. The lowest BCUT2D eigenvalue weighted by atomic mass is 9.96. The largest absolute Gasteiger partial charge is 0.163 e. The standard InChI is InChI=1S/C11H10Cl2N2/c1-2-7-6-14-15-11(7)9-4-3-8(12)5-10(9)13/h3-7H,2H2,1H3. The molecule has 0 N–H and O–H groups in total. The summed E-state index contributed by atoms with van der Waals surface area (Å²) in [5.74, 6) is 0.267. The van der Waals surface area contributed by atoms with Crippen LogP contribution in [0.5, 0.6) is 0 Å². The van der Waals surface area contributed by atoms with Gasteiger partial charge < -0.3 is 0 Å². The Morgan fingerprint density at radius 2 is 2.13 bits per heavy atom. The van der Waals surface area contributed by atoms with E-state index in [2.05, 4.69) is 17.1 Å². The molecule has 0 bridgehead atoms. The average Bonchev–Trinajstić information content (AvgIpc) is 2.65. The number of hydrogen-bond acceptors (Lipinski definition) is 2. The second-order valence-electron chi connectivity index (χ2n) is 3.39. The van der Waals surface area contributed by atoms with Crippen LogP contribution in [-0.2, 0) is 0 Å². The lowest BCUT2D eigenvalue weighted by molar-refractivity contribution is 0.886. The molecule has 0 radical (unpaired) electrons. The van der Waals surface area contributed by atoms with Crippen molar-refractivity contribution in [3.05, 3.63) is 33.8 Å². The lowest BCUT2D eigenvalue weighted by Crippen LogP contribution is -2.13. The van der Waals surface area contributed by atoms with Gasteiger partial charge in [-0.1, -0.05) is 36.2 Å². The van der Waals surface area contributed by atoms with Gasteiger partial charge in [0.15, 0.2) is 0 Å². The molecule has 78 valence electrons. The smallest absolute Gasteiger partial charge is 0.0802 e. The summed E-state index contributed by atoms with van der Waals surface area (Å²) in [5, 5.41) is 9.30. The number of nitrogens with zero attached hydrogens (tertiary/aromatic N) is 2. The van der Waals surface area contributed by atoms with Gasteiger partial charge in [-0.3, -0.25) is 0 Å². The maximum Gasteiger partial charge on any atom is 0.0802 e. The third-order valence-corrected chi connectivity index (χ3v) is 2.96. The zero-order chi connectivity index (χ0) is 10.8. The van der Waals surface area contributed by atoms with E-state index >= 15 is 0 Å². The van der Waals surface area contributed by atoms with Gasteiger partial charge in [0.2, 0.25) is 0 Å². The van der Waals surface area contributed by atoms with E-state index in [1.54, 1.807) is 6.07 Å². The Kier molecular flexibility index (Phi) is 3.08. The van der Waals surface area contributed by atoms with E-state index in [1.165, 1.54) is 0 Å². The van der Waals surface area contributed by atoms with E-state index < -0.39 is 0 Å². The molecule has 0 aromatic heterocycles. The molecular formula is C11H10Cl2N2. The number of benzene rings is 1. The van der Waals surface area contributed by atoms with Gasteiger partial charge in [0, 0.05) is 22.7 Å². The average molecular weight is 241 g/mol. The maximum absolute atomic E-state index is 6.11. The molecule has 15 heavy (non-hydrogen) atoms. The van der Waals surface area contributed by atoms with Gasteiger partial charge >= 0.3 is 0 Å². The minimum atomic E-state index is 0.267. The predicted octanol–water partition coefficient (Wildman–Crippen LogP) is 3.81. The van der Waals surface area contributed by atoms with E-state index in [4.69, 9.17) is 23.2 Å². The highest BCUT2D eigenvalue weighted by Crippen LogP contribution is 2.26. The third-order valence-electron chi connectivity index (χ3n) is 2.41. The summed E-state index contributed by atoms with van der Waals surface area (Å²) in [7, 11) is 0. The normalized spacial score (nSPS) is 19.4. The van der Waals surface area contributed by atoms with Gasteiger partial charge in [-0.05, 0) is 18.6 Å². The minimum absolute atomic E-state index is 0.267. The fourth-order valence-corrected chi connectivity index (χ4v) is 2.08. The molecule has 1 aliphatic heterocycles. The molecule has 1 atom stereocenters. The monoisotopic (exact) mass is 240 g/mol. The Labute approximate surface area is 98.6 Å². The van der Waals surface area contributed by atoms with Gasteiger partial charge in [-0.15, -0.1) is 0 Å². The first-order chi connectivity index (χ1) is 7.22. The Morgan fingerprint density at radius 1 is 1.33 bits per heavy atom. The Balaban J connectivity index is 2.39. The summed E-state index contributed by atoms with van der Waals surface area (Å²) in [6.45, 7) is 2.10. The van der Waals surface area contributed by atoms with Crippen molar-refractivity contribution in [3.63, 3.8) is 0 Å². The van der Waals surface area contributed by atoms with Gasteiger partial charge in [0.1, 0.15) is 0 Å². The van der Waals surface area contributed by atoms with Crippen LogP contribution in [0.4, 0.5) is 0 Å². The SMILES string of the molecule is CCC1C=NN=C1c1ccc(Cl)cc1Cl. The van der Waals surface area contributed by atoms with Gasteiger partial charge in [-0.25, -0.2) is 0 Å². The fraction of sp³-hybridized carbons (Fsp3) is 0.273. The van der Waals surface area contributed by atoms with Gasteiger partial charge in [-0.2, -0.15) is 10.2 Å². The van der Waals surface area contributed by atoms with E-state index in [0.717, 1.165) is 17.7 Å². The van der Waals surface area contributed by atoms with Crippen molar-refractivity contribution in [2.75, 3.05) is 0 Å². The van der Waals surface area contributed by atoms with Gasteiger partial charge in [0.05, 0.1) is 10.7 Å². The highest BCUT2D eigenvalue weighted by Gasteiger charge is 2.20. The van der Waals surface area contributed by atoms with E-state index in [-0.39, 0.29) is 5.92 Å². The molecule has 2 rings (SSSR count). The maximum atomic E-state index is 6.11. The molecule has 0 spiro atoms. The Bertz CT molecular complexity index is 438. The molecule has 0 saturated heterocycles. The van der Waals surface area contributed by atoms with Crippen LogP contribution in [0.3, 0.4) is 0 Å². The predicted molar refractivity (Wildman–Crippen MR) is 65.3 cm³/mol. The molecule has 1 aliphatic rings. The first-order valence-electron chi connectivity index (χ1n) is 4.79. The van der Waals surface area contributed by atoms with Crippen LogP contribution in [-0.4, -0.2) is 11.9 Å². The van der Waals surface area contributed by atoms with Crippen LogP contribution in [0, 0.1) is 5.92 Å². The van der Waals surface area contributed by atoms with Crippen molar-refractivity contribution < 1.29 is 0 Å². The van der Waals surface area contributed by atoms with Crippen molar-refractivity contribution in [1.29, 1.82) is 0 Å². The van der Waals surface area contributed by atoms with Crippen LogP contribution in [0.15, 0.2) is 28.4 Å². The fourth-order valence-electron chi connectivity index (χ4n) is 1.57. The third kappa shape index (κ3) is 2.06. The van der Waals surface area contributed by atoms with Gasteiger partial charge in [0.25, 0.3) is 0 Å². The van der Waals surface area contributed by atoms with Crippen LogP contribution in [0.25, 0.3) is 0 Å². The molecule has 2 nitrogen and oxygen atoms in total. The van der Waals surface area contributed by atoms with Crippen LogP contribution in [0.1, 0.15) is 18.9 Å². The highest BCUT2D eigenvalue weighted by molar-refractivity contribution is 6.37. The topological polar surface area (TPSA) is 24.7 Å². The molecule has 4 heteroatoms. The van der Waals surface area contributed by atoms with E-state index in [0.29, 0.717) is 10.0 Å². The summed E-state index contributed by atoms with van der Waals surface area (Å²) < 4.78 is 0. The molecule has 0 aliphatic carbocycles. The molecule has 1 aromatic rings. The summed E-state index contributed by atoms with van der Waals surface area (Å²) >= 11 is 11.9. The first kappa shape index (κ1) is 10.7. The summed E-state index contributed by atoms with van der Waals surface area (Å²) in [4.78, 5) is 0. The van der Waals surface area contributed by atoms with Crippen molar-refractivity contribution in [2.24, 2.45) is 16.1 Å². The van der Waals surface area contributed by atoms with E-state index in [1.807, 2.05) is 18.3 Å². The number of halogens is 2. The summed E-state index contributed by atoms with van der Waals surface area (Å²) in [5.41, 5.74) is 1.85. The number of rotatable bonds is 2. The minimum Gasteiger partial charge on any atom is -0.163 e.